The van der Waals surface area contributed by atoms with Gasteiger partial charge in [0, 0.05) is 17.3 Å². The van der Waals surface area contributed by atoms with Gasteiger partial charge in [-0.15, -0.1) is 16.4 Å². The van der Waals surface area contributed by atoms with Crippen molar-refractivity contribution in [3.05, 3.63) is 100 Å². The molecule has 1 N–H and O–H groups in total. The molecular formula is C22H20FN5OS. The number of pyridine rings is 1. The summed E-state index contributed by atoms with van der Waals surface area (Å²) in [7, 11) is 0. The van der Waals surface area contributed by atoms with Gasteiger partial charge in [-0.1, -0.05) is 30.3 Å². The highest BCUT2D eigenvalue weighted by molar-refractivity contribution is 7.10. The lowest BCUT2D eigenvalue weighted by molar-refractivity contribution is 0.0938. The molecule has 0 unspecified atom stereocenters. The SMILES string of the molecule is CC[C@H](c1ccc(F)cc1)n1cc(C(=O)N[C@H](c2ccncc2)c2cccs2)nn1. The first-order valence-corrected chi connectivity index (χ1v) is 10.4. The quantitative estimate of drug-likeness (QED) is 0.480. The van der Waals surface area contributed by atoms with E-state index in [0.29, 0.717) is 0 Å². The van der Waals surface area contributed by atoms with E-state index in [1.54, 1.807) is 46.7 Å². The molecule has 1 aromatic carbocycles. The van der Waals surface area contributed by atoms with Crippen molar-refractivity contribution in [2.24, 2.45) is 0 Å². The van der Waals surface area contributed by atoms with Gasteiger partial charge in [-0.3, -0.25) is 9.78 Å². The number of nitrogens with zero attached hydrogens (tertiary/aromatic N) is 4. The third kappa shape index (κ3) is 4.28. The predicted octanol–water partition coefficient (Wildman–Crippen LogP) is 4.39. The summed E-state index contributed by atoms with van der Waals surface area (Å²) >= 11 is 1.57. The number of aromatic nitrogens is 4. The van der Waals surface area contributed by atoms with Gasteiger partial charge in [-0.05, 0) is 53.3 Å². The number of carbonyl (C=O) groups is 1. The van der Waals surface area contributed by atoms with Gasteiger partial charge in [0.25, 0.3) is 5.91 Å². The second kappa shape index (κ2) is 8.96. The lowest BCUT2D eigenvalue weighted by atomic mass is 10.0. The highest BCUT2D eigenvalue weighted by Crippen LogP contribution is 2.26. The van der Waals surface area contributed by atoms with Crippen LogP contribution in [-0.2, 0) is 0 Å². The number of halogens is 1. The lowest BCUT2D eigenvalue weighted by Crippen LogP contribution is -2.29. The van der Waals surface area contributed by atoms with Crippen LogP contribution in [0.1, 0.15) is 51.9 Å². The zero-order chi connectivity index (χ0) is 20.9. The lowest BCUT2D eigenvalue weighted by Gasteiger charge is -2.17. The Balaban J connectivity index is 1.56. The molecule has 0 radical (unpaired) electrons. The molecule has 3 aromatic heterocycles. The summed E-state index contributed by atoms with van der Waals surface area (Å²) < 4.78 is 14.9. The fourth-order valence-electron chi connectivity index (χ4n) is 3.33. The van der Waals surface area contributed by atoms with Crippen LogP contribution < -0.4 is 5.32 Å². The molecule has 0 fully saturated rings. The number of benzene rings is 1. The maximum atomic E-state index is 13.3. The Kier molecular flexibility index (Phi) is 5.94. The first-order chi connectivity index (χ1) is 14.7. The monoisotopic (exact) mass is 421 g/mol. The van der Waals surface area contributed by atoms with Gasteiger partial charge in [-0.25, -0.2) is 9.07 Å². The highest BCUT2D eigenvalue weighted by Gasteiger charge is 2.22. The van der Waals surface area contributed by atoms with Crippen LogP contribution in [0.2, 0.25) is 0 Å². The van der Waals surface area contributed by atoms with Crippen LogP contribution in [-0.4, -0.2) is 25.9 Å². The summed E-state index contributed by atoms with van der Waals surface area (Å²) in [5, 5.41) is 13.2. The zero-order valence-corrected chi connectivity index (χ0v) is 17.1. The predicted molar refractivity (Wildman–Crippen MR) is 113 cm³/mol. The summed E-state index contributed by atoms with van der Waals surface area (Å²) in [6, 6.07) is 13.5. The Morgan fingerprint density at radius 3 is 2.57 bits per heavy atom. The summed E-state index contributed by atoms with van der Waals surface area (Å²) in [4.78, 5) is 18.0. The third-order valence-electron chi connectivity index (χ3n) is 4.85. The molecule has 0 saturated heterocycles. The fourth-order valence-corrected chi connectivity index (χ4v) is 4.13. The summed E-state index contributed by atoms with van der Waals surface area (Å²) in [6.45, 7) is 2.01. The van der Waals surface area contributed by atoms with Crippen LogP contribution in [0.25, 0.3) is 0 Å². The maximum absolute atomic E-state index is 13.3. The molecule has 0 bridgehead atoms. The van der Waals surface area contributed by atoms with Crippen LogP contribution in [0, 0.1) is 5.82 Å². The molecule has 0 aliphatic carbocycles. The van der Waals surface area contributed by atoms with Gasteiger partial charge >= 0.3 is 0 Å². The van der Waals surface area contributed by atoms with Crippen molar-refractivity contribution in [2.75, 3.05) is 0 Å². The van der Waals surface area contributed by atoms with Crippen LogP contribution in [0.4, 0.5) is 4.39 Å². The Labute approximate surface area is 177 Å². The maximum Gasteiger partial charge on any atom is 0.274 e. The van der Waals surface area contributed by atoms with E-state index < -0.39 is 0 Å². The highest BCUT2D eigenvalue weighted by atomic mass is 32.1. The topological polar surface area (TPSA) is 72.7 Å². The van der Waals surface area contributed by atoms with Crippen molar-refractivity contribution >= 4 is 17.2 Å². The third-order valence-corrected chi connectivity index (χ3v) is 5.78. The van der Waals surface area contributed by atoms with Gasteiger partial charge in [0.15, 0.2) is 5.69 Å². The van der Waals surface area contributed by atoms with Crippen molar-refractivity contribution in [1.82, 2.24) is 25.3 Å². The Bertz CT molecular complexity index is 1100. The fraction of sp³-hybridized carbons (Fsp3) is 0.182. The number of carbonyl (C=O) groups excluding carboxylic acids is 1. The zero-order valence-electron chi connectivity index (χ0n) is 16.3. The van der Waals surface area contributed by atoms with E-state index in [0.717, 1.165) is 22.4 Å². The largest absolute Gasteiger partial charge is 0.339 e. The smallest absolute Gasteiger partial charge is 0.274 e. The molecule has 2 atom stereocenters. The van der Waals surface area contributed by atoms with Crippen LogP contribution in [0.5, 0.6) is 0 Å². The van der Waals surface area contributed by atoms with E-state index in [2.05, 4.69) is 20.6 Å². The van der Waals surface area contributed by atoms with E-state index in [4.69, 9.17) is 0 Å². The molecule has 152 valence electrons. The van der Waals surface area contributed by atoms with Crippen molar-refractivity contribution in [1.29, 1.82) is 0 Å². The van der Waals surface area contributed by atoms with Gasteiger partial charge in [-0.2, -0.15) is 0 Å². The van der Waals surface area contributed by atoms with Gasteiger partial charge in [0.05, 0.1) is 18.3 Å². The molecule has 4 rings (SSSR count). The van der Waals surface area contributed by atoms with Crippen LogP contribution in [0.3, 0.4) is 0 Å². The van der Waals surface area contributed by atoms with E-state index in [9.17, 15) is 9.18 Å². The van der Waals surface area contributed by atoms with Crippen LogP contribution >= 0.6 is 11.3 Å². The number of rotatable bonds is 7. The number of hydrogen-bond donors (Lipinski definition) is 1. The number of hydrogen-bond acceptors (Lipinski definition) is 5. The summed E-state index contributed by atoms with van der Waals surface area (Å²) in [6.07, 6.45) is 5.76. The summed E-state index contributed by atoms with van der Waals surface area (Å²) in [5.74, 6) is -0.603. The Morgan fingerprint density at radius 2 is 1.90 bits per heavy atom. The molecule has 4 aromatic rings. The van der Waals surface area contributed by atoms with Crippen molar-refractivity contribution in [2.45, 2.75) is 25.4 Å². The Morgan fingerprint density at radius 1 is 1.13 bits per heavy atom. The molecule has 0 aliphatic heterocycles. The average molecular weight is 422 g/mol. The average Bonchev–Trinajstić information content (AvgIpc) is 3.47. The van der Waals surface area contributed by atoms with E-state index in [-0.39, 0.29) is 29.5 Å². The summed E-state index contributed by atoms with van der Waals surface area (Å²) in [5.41, 5.74) is 2.07. The molecule has 1 amide bonds. The molecule has 30 heavy (non-hydrogen) atoms. The number of nitrogens with one attached hydrogen (secondary N) is 1. The molecular weight excluding hydrogens is 401 g/mol. The van der Waals surface area contributed by atoms with Gasteiger partial charge in [0.1, 0.15) is 5.82 Å². The number of thiophene rings is 1. The normalized spacial score (nSPS) is 13.0. The molecule has 8 heteroatoms. The van der Waals surface area contributed by atoms with Crippen LogP contribution in [0.15, 0.2) is 72.5 Å². The minimum Gasteiger partial charge on any atom is -0.339 e. The van der Waals surface area contributed by atoms with E-state index >= 15 is 0 Å². The molecule has 6 nitrogen and oxygen atoms in total. The Hall–Kier alpha value is -3.39. The van der Waals surface area contributed by atoms with Gasteiger partial charge in [0.2, 0.25) is 0 Å². The van der Waals surface area contributed by atoms with Crippen molar-refractivity contribution in [3.63, 3.8) is 0 Å². The van der Waals surface area contributed by atoms with E-state index in [1.165, 1.54) is 12.1 Å². The minimum atomic E-state index is -0.314. The molecule has 0 spiro atoms. The van der Waals surface area contributed by atoms with Crippen molar-refractivity contribution < 1.29 is 9.18 Å². The molecule has 3 heterocycles. The standard InChI is InChI=1S/C22H20FN5OS/c1-2-19(15-5-7-17(23)8-6-15)28-14-18(26-27-28)22(29)25-21(20-4-3-13-30-20)16-9-11-24-12-10-16/h3-14,19,21H,2H2,1H3,(H,25,29)/t19-,21-/m1/s1. The first kappa shape index (κ1) is 19.9. The van der Waals surface area contributed by atoms with E-state index in [1.807, 2.05) is 36.6 Å². The molecule has 0 saturated carbocycles. The molecule has 0 aliphatic rings. The first-order valence-electron chi connectivity index (χ1n) is 9.57. The second-order valence-electron chi connectivity index (χ2n) is 6.76. The van der Waals surface area contributed by atoms with Crippen molar-refractivity contribution in [3.8, 4) is 0 Å². The van der Waals surface area contributed by atoms with Gasteiger partial charge < -0.3 is 5.32 Å². The minimum absolute atomic E-state index is 0.132. The second-order valence-corrected chi connectivity index (χ2v) is 7.74. The number of amides is 1.